The lowest BCUT2D eigenvalue weighted by molar-refractivity contribution is -0.703. The van der Waals surface area contributed by atoms with Crippen LogP contribution in [-0.4, -0.2) is 11.2 Å². The number of pyridine rings is 1. The van der Waals surface area contributed by atoms with Crippen molar-refractivity contribution in [1.82, 2.24) is 0 Å². The van der Waals surface area contributed by atoms with Gasteiger partial charge in [0.25, 0.3) is 0 Å². The van der Waals surface area contributed by atoms with Gasteiger partial charge in [-0.2, -0.15) is 0 Å². The number of hydrogen-bond donors (Lipinski definition) is 1. The second kappa shape index (κ2) is 5.98. The zero-order valence-corrected chi connectivity index (χ0v) is 13.0. The molecule has 0 amide bonds. The number of fused-ring (bicyclic) bond motifs is 3. The van der Waals surface area contributed by atoms with E-state index in [1.165, 1.54) is 22.3 Å². The molecule has 1 aromatic heterocycles. The minimum absolute atomic E-state index is 0.279. The number of aliphatic hydroxyl groups is 1. The summed E-state index contributed by atoms with van der Waals surface area (Å²) in [6, 6.07) is 23.1. The molecule has 1 N–H and O–H groups in total. The maximum atomic E-state index is 10.6. The van der Waals surface area contributed by atoms with Gasteiger partial charge in [-0.1, -0.05) is 54.6 Å². The van der Waals surface area contributed by atoms with Crippen LogP contribution in [0.5, 0.6) is 0 Å². The van der Waals surface area contributed by atoms with Gasteiger partial charge in [0.2, 0.25) is 0 Å². The SMILES string of the molecule is OC(CC1c2ccccc2-c2ccccc21)C[n+]1ccccc1. The first kappa shape index (κ1) is 14.2. The van der Waals surface area contributed by atoms with E-state index in [0.29, 0.717) is 6.54 Å². The zero-order valence-electron chi connectivity index (χ0n) is 13.0. The van der Waals surface area contributed by atoms with E-state index in [0.717, 1.165) is 6.42 Å². The topological polar surface area (TPSA) is 24.1 Å². The zero-order chi connectivity index (χ0) is 15.6. The first-order chi connectivity index (χ1) is 11.3. The molecule has 0 saturated heterocycles. The van der Waals surface area contributed by atoms with Gasteiger partial charge in [0.15, 0.2) is 18.9 Å². The number of benzene rings is 2. The second-order valence-corrected chi connectivity index (χ2v) is 6.19. The highest BCUT2D eigenvalue weighted by molar-refractivity contribution is 5.78. The van der Waals surface area contributed by atoms with Gasteiger partial charge in [0, 0.05) is 18.1 Å². The quantitative estimate of drug-likeness (QED) is 0.732. The molecule has 0 bridgehead atoms. The summed E-state index contributed by atoms with van der Waals surface area (Å²) in [5, 5.41) is 10.6. The Balaban J connectivity index is 1.61. The number of aromatic nitrogens is 1. The van der Waals surface area contributed by atoms with E-state index in [2.05, 4.69) is 48.5 Å². The molecule has 0 saturated carbocycles. The first-order valence-corrected chi connectivity index (χ1v) is 8.13. The van der Waals surface area contributed by atoms with Gasteiger partial charge >= 0.3 is 0 Å². The highest BCUT2D eigenvalue weighted by atomic mass is 16.3. The van der Waals surface area contributed by atoms with Crippen LogP contribution in [0.15, 0.2) is 79.1 Å². The lowest BCUT2D eigenvalue weighted by Gasteiger charge is -2.16. The van der Waals surface area contributed by atoms with Gasteiger partial charge in [-0.05, 0) is 28.7 Å². The molecule has 2 aromatic carbocycles. The molecule has 0 spiro atoms. The fourth-order valence-electron chi connectivity index (χ4n) is 3.66. The average molecular weight is 302 g/mol. The fraction of sp³-hybridized carbons (Fsp3) is 0.190. The lowest BCUT2D eigenvalue weighted by atomic mass is 9.91. The van der Waals surface area contributed by atoms with Crippen molar-refractivity contribution in [3.8, 4) is 11.1 Å². The minimum atomic E-state index is -0.369. The van der Waals surface area contributed by atoms with Crippen LogP contribution in [0.3, 0.4) is 0 Å². The summed E-state index contributed by atoms with van der Waals surface area (Å²) < 4.78 is 2.04. The fourth-order valence-corrected chi connectivity index (χ4v) is 3.66. The van der Waals surface area contributed by atoms with E-state index in [4.69, 9.17) is 0 Å². The van der Waals surface area contributed by atoms with Gasteiger partial charge in [-0.15, -0.1) is 0 Å². The molecular weight excluding hydrogens is 282 g/mol. The van der Waals surface area contributed by atoms with Crippen molar-refractivity contribution in [3.05, 3.63) is 90.3 Å². The average Bonchev–Trinajstić information content (AvgIpc) is 2.90. The Morgan fingerprint density at radius 2 is 1.35 bits per heavy atom. The van der Waals surface area contributed by atoms with Crippen LogP contribution < -0.4 is 4.57 Å². The molecule has 0 radical (unpaired) electrons. The summed E-state index contributed by atoms with van der Waals surface area (Å²) in [5.41, 5.74) is 5.30. The van der Waals surface area contributed by atoms with Crippen LogP contribution in [0.1, 0.15) is 23.5 Å². The van der Waals surface area contributed by atoms with Crippen LogP contribution in [0.25, 0.3) is 11.1 Å². The van der Waals surface area contributed by atoms with E-state index in [-0.39, 0.29) is 12.0 Å². The number of hydrogen-bond acceptors (Lipinski definition) is 1. The van der Waals surface area contributed by atoms with Crippen LogP contribution >= 0.6 is 0 Å². The molecule has 4 rings (SSSR count). The maximum absolute atomic E-state index is 10.6. The summed E-state index contributed by atoms with van der Waals surface area (Å²) in [6.07, 6.45) is 4.38. The monoisotopic (exact) mass is 302 g/mol. The van der Waals surface area contributed by atoms with Crippen LogP contribution in [-0.2, 0) is 6.54 Å². The summed E-state index contributed by atoms with van der Waals surface area (Å²) in [4.78, 5) is 0. The molecule has 0 fully saturated rings. The first-order valence-electron chi connectivity index (χ1n) is 8.13. The second-order valence-electron chi connectivity index (χ2n) is 6.19. The van der Waals surface area contributed by atoms with Crippen molar-refractivity contribution in [1.29, 1.82) is 0 Å². The summed E-state index contributed by atoms with van der Waals surface area (Å²) in [6.45, 7) is 0.627. The Labute approximate surface area is 136 Å². The Kier molecular flexibility index (Phi) is 3.68. The molecule has 1 heterocycles. The molecular formula is C21H20NO+. The third kappa shape index (κ3) is 2.66. The summed E-state index contributed by atoms with van der Waals surface area (Å²) in [7, 11) is 0. The smallest absolute Gasteiger partial charge is 0.174 e. The summed E-state index contributed by atoms with van der Waals surface area (Å²) >= 11 is 0. The largest absolute Gasteiger partial charge is 0.386 e. The molecule has 2 heteroatoms. The van der Waals surface area contributed by atoms with Crippen molar-refractivity contribution in [2.75, 3.05) is 0 Å². The van der Waals surface area contributed by atoms with Crippen LogP contribution in [0, 0.1) is 0 Å². The molecule has 23 heavy (non-hydrogen) atoms. The predicted octanol–water partition coefficient (Wildman–Crippen LogP) is 3.54. The van der Waals surface area contributed by atoms with Gasteiger partial charge in [-0.3, -0.25) is 0 Å². The van der Waals surface area contributed by atoms with Gasteiger partial charge in [0.1, 0.15) is 6.10 Å². The van der Waals surface area contributed by atoms with Crippen molar-refractivity contribution in [2.45, 2.75) is 25.0 Å². The lowest BCUT2D eigenvalue weighted by Crippen LogP contribution is -2.39. The standard InChI is InChI=1S/C21H20NO/c23-16(15-22-12-6-1-7-13-22)14-21-19-10-4-2-8-17(19)18-9-3-5-11-20(18)21/h1-13,16,21,23H,14-15H2/q+1. The molecule has 3 aromatic rings. The van der Waals surface area contributed by atoms with Crippen molar-refractivity contribution in [3.63, 3.8) is 0 Å². The van der Waals surface area contributed by atoms with E-state index in [1.807, 2.05) is 35.2 Å². The minimum Gasteiger partial charge on any atom is -0.386 e. The third-order valence-corrected chi connectivity index (χ3v) is 4.67. The van der Waals surface area contributed by atoms with Gasteiger partial charge in [-0.25, -0.2) is 4.57 Å². The predicted molar refractivity (Wildman–Crippen MR) is 91.0 cm³/mol. The molecule has 2 nitrogen and oxygen atoms in total. The molecule has 1 aliphatic carbocycles. The Morgan fingerprint density at radius 1 is 0.783 bits per heavy atom. The number of rotatable bonds is 4. The number of nitrogens with zero attached hydrogens (tertiary/aromatic N) is 1. The molecule has 0 aliphatic heterocycles. The molecule has 1 aliphatic rings. The highest BCUT2D eigenvalue weighted by Crippen LogP contribution is 2.46. The van der Waals surface area contributed by atoms with Crippen LogP contribution in [0.4, 0.5) is 0 Å². The Hall–Kier alpha value is -2.45. The van der Waals surface area contributed by atoms with Crippen molar-refractivity contribution >= 4 is 0 Å². The highest BCUT2D eigenvalue weighted by Gasteiger charge is 2.30. The van der Waals surface area contributed by atoms with Crippen molar-refractivity contribution < 1.29 is 9.67 Å². The van der Waals surface area contributed by atoms with E-state index in [1.54, 1.807) is 0 Å². The Bertz CT molecular complexity index is 767. The summed E-state index contributed by atoms with van der Waals surface area (Å²) in [5.74, 6) is 0.279. The van der Waals surface area contributed by atoms with E-state index < -0.39 is 0 Å². The maximum Gasteiger partial charge on any atom is 0.174 e. The molecule has 114 valence electrons. The molecule has 1 unspecified atom stereocenters. The van der Waals surface area contributed by atoms with Gasteiger partial charge in [0.05, 0.1) is 0 Å². The van der Waals surface area contributed by atoms with E-state index >= 15 is 0 Å². The normalized spacial score (nSPS) is 14.3. The third-order valence-electron chi connectivity index (χ3n) is 4.67. The van der Waals surface area contributed by atoms with E-state index in [9.17, 15) is 5.11 Å². The van der Waals surface area contributed by atoms with Gasteiger partial charge < -0.3 is 5.11 Å². The number of aliphatic hydroxyl groups excluding tert-OH is 1. The molecule has 1 atom stereocenters. The Morgan fingerprint density at radius 3 is 1.96 bits per heavy atom. The van der Waals surface area contributed by atoms with Crippen LogP contribution in [0.2, 0.25) is 0 Å². The van der Waals surface area contributed by atoms with Crippen molar-refractivity contribution in [2.24, 2.45) is 0 Å².